The number of rotatable bonds is 7. The van der Waals surface area contributed by atoms with Crippen molar-refractivity contribution >= 4 is 29.5 Å². The van der Waals surface area contributed by atoms with E-state index in [0.717, 1.165) is 24.3 Å². The van der Waals surface area contributed by atoms with E-state index in [-0.39, 0.29) is 42.1 Å². The number of hydrogen-bond acceptors (Lipinski definition) is 6. The molecule has 40 heavy (non-hydrogen) atoms. The fourth-order valence-corrected chi connectivity index (χ4v) is 4.92. The number of halogens is 5. The summed E-state index contributed by atoms with van der Waals surface area (Å²) in [7, 11) is 0. The van der Waals surface area contributed by atoms with Crippen LogP contribution >= 0.6 is 11.6 Å². The molecule has 5 rings (SSSR count). The number of nitrogens with one attached hydrogen (secondary N) is 3. The average Bonchev–Trinajstić information content (AvgIpc) is 3.34. The molecule has 2 aromatic heterocycles. The van der Waals surface area contributed by atoms with E-state index in [1.807, 2.05) is 6.08 Å². The first-order valence-electron chi connectivity index (χ1n) is 12.7. The summed E-state index contributed by atoms with van der Waals surface area (Å²) in [6, 6.07) is 4.74. The molecule has 9 nitrogen and oxygen atoms in total. The highest BCUT2D eigenvalue weighted by Gasteiger charge is 2.31. The predicted molar refractivity (Wildman–Crippen MR) is 140 cm³/mol. The smallest absolute Gasteiger partial charge is 0.406 e. The molecule has 2 aliphatic heterocycles. The van der Waals surface area contributed by atoms with Crippen LogP contribution in [0.1, 0.15) is 24.8 Å². The average molecular weight is 580 g/mol. The number of carbonyl (C=O) groups is 1. The molecule has 1 unspecified atom stereocenters. The lowest BCUT2D eigenvalue weighted by Gasteiger charge is -2.36. The van der Waals surface area contributed by atoms with Gasteiger partial charge >= 0.3 is 12.4 Å². The van der Waals surface area contributed by atoms with Crippen molar-refractivity contribution < 1.29 is 27.1 Å². The van der Waals surface area contributed by atoms with Gasteiger partial charge in [0.25, 0.3) is 0 Å². The van der Waals surface area contributed by atoms with Crippen molar-refractivity contribution in [3.05, 3.63) is 58.7 Å². The normalized spacial score (nSPS) is 18.8. The van der Waals surface area contributed by atoms with E-state index >= 15 is 0 Å². The van der Waals surface area contributed by atoms with Gasteiger partial charge in [0, 0.05) is 36.6 Å². The summed E-state index contributed by atoms with van der Waals surface area (Å²) in [6.45, 7) is 1.36. The minimum absolute atomic E-state index is 0.0159. The highest BCUT2D eigenvalue weighted by atomic mass is 35.5. The number of benzene rings is 1. The molecule has 2 amide bonds. The van der Waals surface area contributed by atoms with Crippen molar-refractivity contribution in [2.24, 2.45) is 4.99 Å². The van der Waals surface area contributed by atoms with Crippen LogP contribution in [0.3, 0.4) is 0 Å². The molecule has 0 saturated carbocycles. The molecular formula is C26H26ClF4N7O2. The molecule has 0 radical (unpaired) electrons. The van der Waals surface area contributed by atoms with Crippen LogP contribution in [0.15, 0.2) is 41.7 Å². The van der Waals surface area contributed by atoms with Crippen molar-refractivity contribution in [2.75, 3.05) is 25.0 Å². The van der Waals surface area contributed by atoms with E-state index in [1.54, 1.807) is 11.1 Å². The Morgan fingerprint density at radius 1 is 1.23 bits per heavy atom. The van der Waals surface area contributed by atoms with Crippen molar-refractivity contribution in [1.82, 2.24) is 25.2 Å². The number of hydrogen-bond donors (Lipinski definition) is 3. The molecule has 2 aliphatic rings. The molecule has 0 spiro atoms. The number of H-pyrrole nitrogens is 1. The second-order valence-electron chi connectivity index (χ2n) is 9.45. The first-order valence-corrected chi connectivity index (χ1v) is 13.1. The van der Waals surface area contributed by atoms with Crippen LogP contribution < -0.4 is 26.1 Å². The van der Waals surface area contributed by atoms with Gasteiger partial charge in [-0.25, -0.2) is 19.2 Å². The Labute approximate surface area is 231 Å². The topological polar surface area (TPSA) is 108 Å². The molecule has 4 heterocycles. The Balaban J connectivity index is 1.22. The van der Waals surface area contributed by atoms with Crippen molar-refractivity contribution in [1.29, 1.82) is 0 Å². The SMILES string of the molecule is O=C(NCc1ccc(OC(F)(F)F)cc1)N1CCCC[C@@H]1CNc1nc(-c2c[nH]c3c2=CC(Cl)CN=3)ncc1F. The van der Waals surface area contributed by atoms with Gasteiger partial charge in [0.1, 0.15) is 11.2 Å². The molecule has 1 aromatic carbocycles. The Hall–Kier alpha value is -3.87. The van der Waals surface area contributed by atoms with Crippen LogP contribution in [-0.4, -0.2) is 63.3 Å². The van der Waals surface area contributed by atoms with Crippen LogP contribution in [0.4, 0.5) is 28.2 Å². The first kappa shape index (κ1) is 27.7. The van der Waals surface area contributed by atoms with Gasteiger partial charge in [-0.1, -0.05) is 18.2 Å². The summed E-state index contributed by atoms with van der Waals surface area (Å²) in [5.41, 5.74) is 1.94. The number of piperidine rings is 1. The zero-order chi connectivity index (χ0) is 28.3. The van der Waals surface area contributed by atoms with Crippen LogP contribution in [0.5, 0.6) is 5.75 Å². The number of fused-ring (bicyclic) bond motifs is 1. The third-order valence-electron chi connectivity index (χ3n) is 6.65. The van der Waals surface area contributed by atoms with Crippen molar-refractivity contribution in [3.63, 3.8) is 0 Å². The van der Waals surface area contributed by atoms with E-state index in [2.05, 4.69) is 35.3 Å². The highest BCUT2D eigenvalue weighted by molar-refractivity contribution is 6.24. The van der Waals surface area contributed by atoms with Crippen LogP contribution in [0, 0.1) is 5.82 Å². The van der Waals surface area contributed by atoms with Gasteiger partial charge in [-0.05, 0) is 37.0 Å². The first-order chi connectivity index (χ1) is 19.2. The maximum absolute atomic E-state index is 14.6. The van der Waals surface area contributed by atoms with Gasteiger partial charge in [-0.2, -0.15) is 0 Å². The number of amides is 2. The molecular weight excluding hydrogens is 554 g/mol. The van der Waals surface area contributed by atoms with E-state index in [1.165, 1.54) is 24.3 Å². The molecule has 0 aliphatic carbocycles. The van der Waals surface area contributed by atoms with Gasteiger partial charge in [0.05, 0.1) is 24.2 Å². The lowest BCUT2D eigenvalue weighted by Crippen LogP contribution is -2.51. The van der Waals surface area contributed by atoms with E-state index in [0.29, 0.717) is 41.9 Å². The summed E-state index contributed by atoms with van der Waals surface area (Å²) >= 11 is 6.22. The predicted octanol–water partition coefficient (Wildman–Crippen LogP) is 3.71. The Kier molecular flexibility index (Phi) is 8.10. The zero-order valence-electron chi connectivity index (χ0n) is 21.1. The second kappa shape index (κ2) is 11.7. The van der Waals surface area contributed by atoms with Gasteiger partial charge in [0.15, 0.2) is 17.5 Å². The number of aromatic nitrogens is 3. The maximum atomic E-state index is 14.6. The fourth-order valence-electron chi connectivity index (χ4n) is 4.72. The van der Waals surface area contributed by atoms with Crippen molar-refractivity contribution in [3.8, 4) is 17.1 Å². The number of ether oxygens (including phenoxy) is 1. The summed E-state index contributed by atoms with van der Waals surface area (Å²) in [5, 5.41) is 6.35. The minimum Gasteiger partial charge on any atom is -0.406 e. The Morgan fingerprint density at radius 2 is 2.02 bits per heavy atom. The fraction of sp³-hybridized carbons (Fsp3) is 0.385. The Bertz CT molecular complexity index is 1480. The quantitative estimate of drug-likeness (QED) is 0.292. The summed E-state index contributed by atoms with van der Waals surface area (Å²) < 4.78 is 55.6. The number of aromatic amines is 1. The number of carbonyl (C=O) groups excluding carboxylic acids is 1. The largest absolute Gasteiger partial charge is 0.573 e. The van der Waals surface area contributed by atoms with Crippen molar-refractivity contribution in [2.45, 2.75) is 43.6 Å². The van der Waals surface area contributed by atoms with Gasteiger partial charge in [0.2, 0.25) is 0 Å². The number of alkyl halides is 4. The molecule has 2 atom stereocenters. The van der Waals surface area contributed by atoms with E-state index in [9.17, 15) is 22.4 Å². The summed E-state index contributed by atoms with van der Waals surface area (Å²) in [5.74, 6) is -0.634. The number of likely N-dealkylation sites (tertiary alicyclic amines) is 1. The number of nitrogens with zero attached hydrogens (tertiary/aromatic N) is 4. The molecule has 3 aromatic rings. The summed E-state index contributed by atoms with van der Waals surface area (Å²) in [6.07, 6.45) is 2.33. The monoisotopic (exact) mass is 579 g/mol. The molecule has 14 heteroatoms. The molecule has 3 N–H and O–H groups in total. The van der Waals surface area contributed by atoms with E-state index < -0.39 is 12.2 Å². The van der Waals surface area contributed by atoms with Gasteiger partial charge < -0.3 is 25.3 Å². The molecule has 0 bridgehead atoms. The third-order valence-corrected chi connectivity index (χ3v) is 6.91. The molecule has 212 valence electrons. The lowest BCUT2D eigenvalue weighted by molar-refractivity contribution is -0.274. The third kappa shape index (κ3) is 6.64. The van der Waals surface area contributed by atoms with Gasteiger partial charge in [-0.15, -0.1) is 24.8 Å². The van der Waals surface area contributed by atoms with Gasteiger partial charge in [-0.3, -0.25) is 4.99 Å². The van der Waals surface area contributed by atoms with Crippen LogP contribution in [0.2, 0.25) is 0 Å². The lowest BCUT2D eigenvalue weighted by atomic mass is 10.0. The van der Waals surface area contributed by atoms with Crippen LogP contribution in [-0.2, 0) is 6.54 Å². The maximum Gasteiger partial charge on any atom is 0.573 e. The highest BCUT2D eigenvalue weighted by Crippen LogP contribution is 2.23. The summed E-state index contributed by atoms with van der Waals surface area (Å²) in [4.78, 5) is 30.6. The minimum atomic E-state index is -4.77. The zero-order valence-corrected chi connectivity index (χ0v) is 21.9. The molecule has 1 fully saturated rings. The number of urea groups is 1. The Morgan fingerprint density at radius 3 is 2.80 bits per heavy atom. The second-order valence-corrected chi connectivity index (χ2v) is 10.0. The number of anilines is 1. The standard InChI is InChI=1S/C26H26ClF4N7O2/c27-16-9-19-20(13-34-22(19)32-11-16)23-35-14-21(28)24(37-23)33-12-17-3-1-2-8-38(17)25(39)36-10-15-4-6-18(7-5-15)40-26(29,30)31/h4-7,9,13-14,16-17H,1-3,8,10-12H2,(H,32,34)(H,36,39)(H,33,35,37)/t16?,17-/m1/s1. The molecule has 1 saturated heterocycles. The van der Waals surface area contributed by atoms with Crippen LogP contribution in [0.25, 0.3) is 17.5 Å². The van der Waals surface area contributed by atoms with E-state index in [4.69, 9.17) is 11.6 Å².